The van der Waals surface area contributed by atoms with E-state index in [1.165, 1.54) is 5.69 Å². The van der Waals surface area contributed by atoms with Crippen LogP contribution in [0.2, 0.25) is 5.02 Å². The van der Waals surface area contributed by atoms with Crippen molar-refractivity contribution in [3.63, 3.8) is 0 Å². The number of aromatic nitrogens is 4. The number of aryl methyl sites for hydroxylation is 1. The number of benzene rings is 1. The molecule has 7 heteroatoms. The van der Waals surface area contributed by atoms with Crippen LogP contribution in [0.25, 0.3) is 0 Å². The van der Waals surface area contributed by atoms with E-state index >= 15 is 0 Å². The number of likely N-dealkylation sites (tertiary alicyclic amines) is 1. The molecule has 3 aromatic rings. The first-order valence-corrected chi connectivity index (χ1v) is 9.01. The van der Waals surface area contributed by atoms with Crippen molar-refractivity contribution in [1.29, 1.82) is 0 Å². The van der Waals surface area contributed by atoms with Crippen molar-refractivity contribution in [3.8, 4) is 11.6 Å². The van der Waals surface area contributed by atoms with E-state index in [0.29, 0.717) is 16.7 Å². The van der Waals surface area contributed by atoms with E-state index in [0.717, 1.165) is 31.6 Å². The van der Waals surface area contributed by atoms with Crippen molar-refractivity contribution in [1.82, 2.24) is 24.4 Å². The predicted octanol–water partition coefficient (Wildman–Crippen LogP) is 3.99. The van der Waals surface area contributed by atoms with Crippen LogP contribution in [-0.4, -0.2) is 31.0 Å². The number of ether oxygens (including phenoxy) is 1. The van der Waals surface area contributed by atoms with E-state index in [4.69, 9.17) is 21.3 Å². The predicted molar refractivity (Wildman–Crippen MR) is 99.2 cm³/mol. The number of hydrogen-bond donors (Lipinski definition) is 0. The lowest BCUT2D eigenvalue weighted by Gasteiger charge is -2.24. The van der Waals surface area contributed by atoms with Crippen LogP contribution in [0.1, 0.15) is 30.3 Å². The Morgan fingerprint density at radius 2 is 2.00 bits per heavy atom. The van der Waals surface area contributed by atoms with Gasteiger partial charge in [-0.25, -0.2) is 9.97 Å². The van der Waals surface area contributed by atoms with Gasteiger partial charge in [-0.2, -0.15) is 0 Å². The Morgan fingerprint density at radius 3 is 2.77 bits per heavy atom. The van der Waals surface area contributed by atoms with Gasteiger partial charge in [-0.1, -0.05) is 11.6 Å². The molecule has 26 heavy (non-hydrogen) atoms. The summed E-state index contributed by atoms with van der Waals surface area (Å²) in [6, 6.07) is 7.47. The van der Waals surface area contributed by atoms with Gasteiger partial charge in [0.15, 0.2) is 0 Å². The van der Waals surface area contributed by atoms with Crippen molar-refractivity contribution >= 4 is 11.6 Å². The molecule has 1 saturated heterocycles. The molecule has 6 nitrogen and oxygen atoms in total. The topological polar surface area (TPSA) is 56.1 Å². The maximum Gasteiger partial charge on any atom is 0.238 e. The lowest BCUT2D eigenvalue weighted by atomic mass is 10.1. The monoisotopic (exact) mass is 369 g/mol. The second kappa shape index (κ2) is 7.43. The van der Waals surface area contributed by atoms with Crippen LogP contribution in [0.15, 0.2) is 49.2 Å². The highest BCUT2D eigenvalue weighted by Gasteiger charge is 2.28. The second-order valence-corrected chi connectivity index (χ2v) is 6.90. The Balaban J connectivity index is 1.51. The second-order valence-electron chi connectivity index (χ2n) is 6.46. The van der Waals surface area contributed by atoms with Crippen molar-refractivity contribution in [2.45, 2.75) is 25.4 Å². The largest absolute Gasteiger partial charge is 0.437 e. The summed E-state index contributed by atoms with van der Waals surface area (Å²) >= 11 is 5.92. The highest BCUT2D eigenvalue weighted by Crippen LogP contribution is 2.33. The van der Waals surface area contributed by atoms with Crippen LogP contribution in [0, 0.1) is 0 Å². The van der Waals surface area contributed by atoms with E-state index in [9.17, 15) is 0 Å². The zero-order valence-electron chi connectivity index (χ0n) is 14.5. The highest BCUT2D eigenvalue weighted by atomic mass is 35.5. The molecule has 1 aliphatic rings. The van der Waals surface area contributed by atoms with E-state index in [1.54, 1.807) is 18.3 Å². The Bertz CT molecular complexity index is 880. The maximum atomic E-state index is 5.92. The maximum absolute atomic E-state index is 5.92. The van der Waals surface area contributed by atoms with Crippen molar-refractivity contribution in [2.24, 2.45) is 7.05 Å². The summed E-state index contributed by atoms with van der Waals surface area (Å²) in [5.74, 6) is 1.19. The normalized spacial score (nSPS) is 17.5. The molecular weight excluding hydrogens is 350 g/mol. The van der Waals surface area contributed by atoms with Crippen molar-refractivity contribution in [3.05, 3.63) is 65.6 Å². The molecule has 2 aromatic heterocycles. The van der Waals surface area contributed by atoms with Gasteiger partial charge in [0.25, 0.3) is 0 Å². The van der Waals surface area contributed by atoms with Crippen LogP contribution in [0.5, 0.6) is 11.6 Å². The lowest BCUT2D eigenvalue weighted by Crippen LogP contribution is -2.24. The van der Waals surface area contributed by atoms with Gasteiger partial charge >= 0.3 is 0 Å². The Hall–Kier alpha value is -2.44. The Morgan fingerprint density at radius 1 is 1.15 bits per heavy atom. The highest BCUT2D eigenvalue weighted by molar-refractivity contribution is 6.30. The molecule has 0 spiro atoms. The molecule has 0 unspecified atom stereocenters. The van der Waals surface area contributed by atoms with Crippen LogP contribution < -0.4 is 4.74 Å². The molecule has 1 aromatic carbocycles. The Labute approximate surface area is 157 Å². The van der Waals surface area contributed by atoms with Gasteiger partial charge in [0.1, 0.15) is 5.75 Å². The molecule has 0 bridgehead atoms. The quantitative estimate of drug-likeness (QED) is 0.680. The van der Waals surface area contributed by atoms with E-state index in [2.05, 4.69) is 19.4 Å². The standard InChI is InChI=1S/C19H20ClN5O/c1-24-13-22-9-15(24)12-25-8-2-3-18(25)17-10-21-11-19(23-17)26-16-6-4-14(20)5-7-16/h4-7,9-11,13,18H,2-3,8,12H2,1H3/t18-/m0/s1. The third kappa shape index (κ3) is 3.71. The third-order valence-electron chi connectivity index (χ3n) is 4.65. The summed E-state index contributed by atoms with van der Waals surface area (Å²) < 4.78 is 7.89. The fourth-order valence-electron chi connectivity index (χ4n) is 3.29. The molecule has 4 rings (SSSR count). The van der Waals surface area contributed by atoms with Gasteiger partial charge in [0.2, 0.25) is 5.88 Å². The number of imidazole rings is 1. The number of halogens is 1. The number of nitrogens with zero attached hydrogens (tertiary/aromatic N) is 5. The first kappa shape index (κ1) is 17.0. The zero-order chi connectivity index (χ0) is 17.9. The fraction of sp³-hybridized carbons (Fsp3) is 0.316. The molecule has 0 aliphatic carbocycles. The fourth-order valence-corrected chi connectivity index (χ4v) is 3.42. The molecule has 0 N–H and O–H groups in total. The molecule has 134 valence electrons. The number of rotatable bonds is 5. The smallest absolute Gasteiger partial charge is 0.238 e. The average molecular weight is 370 g/mol. The first-order valence-electron chi connectivity index (χ1n) is 8.63. The van der Waals surface area contributed by atoms with Gasteiger partial charge in [0, 0.05) is 24.8 Å². The van der Waals surface area contributed by atoms with E-state index in [1.807, 2.05) is 37.9 Å². The van der Waals surface area contributed by atoms with Gasteiger partial charge in [-0.15, -0.1) is 0 Å². The van der Waals surface area contributed by atoms with Crippen LogP contribution in [0.3, 0.4) is 0 Å². The SMILES string of the molecule is Cn1cncc1CN1CCC[C@H]1c1cncc(Oc2ccc(Cl)cc2)n1. The lowest BCUT2D eigenvalue weighted by molar-refractivity contribution is 0.237. The summed E-state index contributed by atoms with van der Waals surface area (Å²) in [5, 5.41) is 0.675. The van der Waals surface area contributed by atoms with Gasteiger partial charge < -0.3 is 9.30 Å². The van der Waals surface area contributed by atoms with Gasteiger partial charge in [-0.05, 0) is 43.7 Å². The molecule has 3 heterocycles. The average Bonchev–Trinajstić information content (AvgIpc) is 3.27. The zero-order valence-corrected chi connectivity index (χ0v) is 15.3. The molecule has 1 atom stereocenters. The summed E-state index contributed by atoms with van der Waals surface area (Å²) in [5.41, 5.74) is 2.13. The minimum absolute atomic E-state index is 0.242. The van der Waals surface area contributed by atoms with Gasteiger partial charge in [-0.3, -0.25) is 9.88 Å². The van der Waals surface area contributed by atoms with Crippen LogP contribution in [-0.2, 0) is 13.6 Å². The summed E-state index contributed by atoms with van der Waals surface area (Å²) in [7, 11) is 2.02. The molecule has 0 radical (unpaired) electrons. The van der Waals surface area contributed by atoms with E-state index < -0.39 is 0 Å². The third-order valence-corrected chi connectivity index (χ3v) is 4.91. The van der Waals surface area contributed by atoms with Crippen LogP contribution in [0.4, 0.5) is 0 Å². The summed E-state index contributed by atoms with van der Waals surface area (Å²) in [4.78, 5) is 15.7. The Kier molecular flexibility index (Phi) is 4.86. The number of hydrogen-bond acceptors (Lipinski definition) is 5. The van der Waals surface area contributed by atoms with Gasteiger partial charge in [0.05, 0.1) is 36.2 Å². The minimum Gasteiger partial charge on any atom is -0.437 e. The molecule has 0 saturated carbocycles. The van der Waals surface area contributed by atoms with Crippen LogP contribution >= 0.6 is 11.6 Å². The first-order chi connectivity index (χ1) is 12.7. The molecule has 0 amide bonds. The molecular formula is C19H20ClN5O. The van der Waals surface area contributed by atoms with Crippen molar-refractivity contribution in [2.75, 3.05) is 6.54 Å². The van der Waals surface area contributed by atoms with E-state index in [-0.39, 0.29) is 6.04 Å². The summed E-state index contributed by atoms with van der Waals surface area (Å²) in [6.45, 7) is 1.89. The molecule has 1 aliphatic heterocycles. The summed E-state index contributed by atoms with van der Waals surface area (Å²) in [6.07, 6.45) is 9.44. The minimum atomic E-state index is 0.242. The van der Waals surface area contributed by atoms with Crippen molar-refractivity contribution < 1.29 is 4.74 Å². The molecule has 1 fully saturated rings.